The van der Waals surface area contributed by atoms with E-state index in [9.17, 15) is 13.2 Å². The van der Waals surface area contributed by atoms with Crippen molar-refractivity contribution in [1.82, 2.24) is 0 Å². The number of ketones is 1. The molecule has 1 unspecified atom stereocenters. The predicted molar refractivity (Wildman–Crippen MR) is 67.6 cm³/mol. The van der Waals surface area contributed by atoms with Crippen molar-refractivity contribution in [3.05, 3.63) is 11.6 Å². The molecule has 1 fully saturated rings. The van der Waals surface area contributed by atoms with E-state index in [2.05, 4.69) is 0 Å². The van der Waals surface area contributed by atoms with Gasteiger partial charge in [0.2, 0.25) is 0 Å². The van der Waals surface area contributed by atoms with Gasteiger partial charge < -0.3 is 0 Å². The summed E-state index contributed by atoms with van der Waals surface area (Å²) in [5.41, 5.74) is 0.895. The number of allylic oxidation sites excluding steroid dienone is 2. The van der Waals surface area contributed by atoms with Gasteiger partial charge in [0.15, 0.2) is 15.6 Å². The summed E-state index contributed by atoms with van der Waals surface area (Å²) in [6.45, 7) is 0. The van der Waals surface area contributed by atoms with E-state index in [1.165, 1.54) is 12.8 Å². The first kappa shape index (κ1) is 12.8. The van der Waals surface area contributed by atoms with Crippen molar-refractivity contribution >= 4 is 15.6 Å². The lowest BCUT2D eigenvalue weighted by molar-refractivity contribution is -0.118. The molecule has 0 aromatic carbocycles. The molecule has 96 valence electrons. The van der Waals surface area contributed by atoms with Gasteiger partial charge in [-0.05, 0) is 37.7 Å². The summed E-state index contributed by atoms with van der Waals surface area (Å²) in [5, 5.41) is 0. The third kappa shape index (κ3) is 3.41. The fourth-order valence-electron chi connectivity index (χ4n) is 2.68. The van der Waals surface area contributed by atoms with Gasteiger partial charge in [-0.1, -0.05) is 18.9 Å². The Balaban J connectivity index is 2.03. The quantitative estimate of drug-likeness (QED) is 0.761. The van der Waals surface area contributed by atoms with E-state index in [0.717, 1.165) is 31.3 Å². The van der Waals surface area contributed by atoms with Crippen molar-refractivity contribution < 1.29 is 13.2 Å². The molecular formula is C13H20O3S. The second-order valence-electron chi connectivity index (χ2n) is 5.15. The molecule has 0 amide bonds. The molecule has 1 aliphatic heterocycles. The Bertz CT molecular complexity index is 420. The summed E-state index contributed by atoms with van der Waals surface area (Å²) >= 11 is 0. The topological polar surface area (TPSA) is 51.2 Å². The standard InChI is InChI=1S/C13H20O3S/c14-13(12-8-9-17(15,16)10-12)11-6-4-2-1-3-5-7-11/h6,12H,1-5,7-10H2. The van der Waals surface area contributed by atoms with Crippen LogP contribution in [0.2, 0.25) is 0 Å². The first-order valence-electron chi connectivity index (χ1n) is 6.52. The molecule has 17 heavy (non-hydrogen) atoms. The van der Waals surface area contributed by atoms with Gasteiger partial charge in [0.05, 0.1) is 11.5 Å². The van der Waals surface area contributed by atoms with Gasteiger partial charge in [-0.25, -0.2) is 8.42 Å². The number of hydrogen-bond acceptors (Lipinski definition) is 3. The zero-order chi connectivity index (χ0) is 12.3. The average molecular weight is 256 g/mol. The van der Waals surface area contributed by atoms with Crippen molar-refractivity contribution in [3.63, 3.8) is 0 Å². The van der Waals surface area contributed by atoms with Crippen LogP contribution < -0.4 is 0 Å². The predicted octanol–water partition coefficient (Wildman–Crippen LogP) is 2.27. The molecule has 4 heteroatoms. The van der Waals surface area contributed by atoms with Gasteiger partial charge >= 0.3 is 0 Å². The highest BCUT2D eigenvalue weighted by Gasteiger charge is 2.33. The largest absolute Gasteiger partial charge is 0.294 e. The van der Waals surface area contributed by atoms with E-state index in [1.54, 1.807) is 0 Å². The molecule has 0 radical (unpaired) electrons. The van der Waals surface area contributed by atoms with E-state index >= 15 is 0 Å². The summed E-state index contributed by atoms with van der Waals surface area (Å²) in [5.74, 6) is 0.110. The zero-order valence-corrected chi connectivity index (χ0v) is 11.0. The second-order valence-corrected chi connectivity index (χ2v) is 7.38. The molecule has 0 saturated carbocycles. The molecule has 0 bridgehead atoms. The van der Waals surface area contributed by atoms with Crippen LogP contribution in [-0.4, -0.2) is 25.7 Å². The summed E-state index contributed by atoms with van der Waals surface area (Å²) in [6, 6.07) is 0. The van der Waals surface area contributed by atoms with Gasteiger partial charge in [-0.2, -0.15) is 0 Å². The lowest BCUT2D eigenvalue weighted by Gasteiger charge is -2.13. The first-order valence-corrected chi connectivity index (χ1v) is 8.34. The van der Waals surface area contributed by atoms with Crippen LogP contribution in [0, 0.1) is 5.92 Å². The van der Waals surface area contributed by atoms with Crippen molar-refractivity contribution in [1.29, 1.82) is 0 Å². The Morgan fingerprint density at radius 2 is 1.94 bits per heavy atom. The third-order valence-electron chi connectivity index (χ3n) is 3.71. The maximum atomic E-state index is 12.2. The Labute approximate surface area is 103 Å². The number of sulfone groups is 1. The molecule has 1 heterocycles. The smallest absolute Gasteiger partial charge is 0.162 e. The Morgan fingerprint density at radius 3 is 2.65 bits per heavy atom. The van der Waals surface area contributed by atoms with E-state index in [1.807, 2.05) is 6.08 Å². The molecule has 0 N–H and O–H groups in total. The first-order chi connectivity index (χ1) is 8.08. The third-order valence-corrected chi connectivity index (χ3v) is 5.48. The SMILES string of the molecule is O=C(C1=CCCCCCC1)C1CCS(=O)(=O)C1. The molecule has 0 aromatic heterocycles. The van der Waals surface area contributed by atoms with Crippen LogP contribution in [0.1, 0.15) is 44.9 Å². The normalized spacial score (nSPS) is 29.2. The molecule has 1 atom stereocenters. The molecule has 2 rings (SSSR count). The summed E-state index contributed by atoms with van der Waals surface area (Å²) < 4.78 is 22.8. The van der Waals surface area contributed by atoms with Crippen LogP contribution in [0.15, 0.2) is 11.6 Å². The highest BCUT2D eigenvalue weighted by atomic mass is 32.2. The van der Waals surface area contributed by atoms with Crippen LogP contribution in [0.4, 0.5) is 0 Å². The monoisotopic (exact) mass is 256 g/mol. The van der Waals surface area contributed by atoms with Gasteiger partial charge in [0.25, 0.3) is 0 Å². The molecular weight excluding hydrogens is 236 g/mol. The lowest BCUT2D eigenvalue weighted by atomic mass is 9.91. The lowest BCUT2D eigenvalue weighted by Crippen LogP contribution is -2.18. The Morgan fingerprint density at radius 1 is 1.18 bits per heavy atom. The van der Waals surface area contributed by atoms with Crippen LogP contribution in [-0.2, 0) is 14.6 Å². The maximum Gasteiger partial charge on any atom is 0.162 e. The minimum atomic E-state index is -2.94. The zero-order valence-electron chi connectivity index (χ0n) is 10.2. The molecule has 1 aliphatic carbocycles. The number of rotatable bonds is 2. The van der Waals surface area contributed by atoms with E-state index in [4.69, 9.17) is 0 Å². The van der Waals surface area contributed by atoms with Gasteiger partial charge in [0.1, 0.15) is 0 Å². The molecule has 1 saturated heterocycles. The van der Waals surface area contributed by atoms with Crippen molar-refractivity contribution in [2.75, 3.05) is 11.5 Å². The highest BCUT2D eigenvalue weighted by molar-refractivity contribution is 7.91. The van der Waals surface area contributed by atoms with E-state index in [-0.39, 0.29) is 23.2 Å². The average Bonchev–Trinajstić information content (AvgIpc) is 2.57. The van der Waals surface area contributed by atoms with Crippen LogP contribution in [0.3, 0.4) is 0 Å². The minimum absolute atomic E-state index is 0.0726. The number of carbonyl (C=O) groups is 1. The minimum Gasteiger partial charge on any atom is -0.294 e. The Kier molecular flexibility index (Phi) is 4.02. The summed E-state index contributed by atoms with van der Waals surface area (Å²) in [4.78, 5) is 12.2. The number of Topliss-reactive ketones (excluding diaryl/α,β-unsaturated/α-hetero) is 1. The van der Waals surface area contributed by atoms with E-state index in [0.29, 0.717) is 6.42 Å². The fourth-order valence-corrected chi connectivity index (χ4v) is 4.42. The Hall–Kier alpha value is -0.640. The van der Waals surface area contributed by atoms with Gasteiger partial charge in [-0.15, -0.1) is 0 Å². The van der Waals surface area contributed by atoms with Crippen molar-refractivity contribution in [3.8, 4) is 0 Å². The van der Waals surface area contributed by atoms with E-state index < -0.39 is 9.84 Å². The highest BCUT2D eigenvalue weighted by Crippen LogP contribution is 2.26. The molecule has 3 nitrogen and oxygen atoms in total. The van der Waals surface area contributed by atoms with Crippen molar-refractivity contribution in [2.24, 2.45) is 5.92 Å². The molecule has 0 aromatic rings. The van der Waals surface area contributed by atoms with Crippen LogP contribution in [0.25, 0.3) is 0 Å². The fraction of sp³-hybridized carbons (Fsp3) is 0.769. The van der Waals surface area contributed by atoms with Crippen LogP contribution in [0.5, 0.6) is 0 Å². The van der Waals surface area contributed by atoms with Crippen LogP contribution >= 0.6 is 0 Å². The number of carbonyl (C=O) groups excluding carboxylic acids is 1. The number of hydrogen-bond donors (Lipinski definition) is 0. The van der Waals surface area contributed by atoms with Gasteiger partial charge in [-0.3, -0.25) is 4.79 Å². The summed E-state index contributed by atoms with van der Waals surface area (Å²) in [7, 11) is -2.94. The van der Waals surface area contributed by atoms with Crippen molar-refractivity contribution in [2.45, 2.75) is 44.9 Å². The summed E-state index contributed by atoms with van der Waals surface area (Å²) in [6.07, 6.45) is 9.04. The molecule has 0 spiro atoms. The second kappa shape index (κ2) is 5.34. The molecule has 2 aliphatic rings. The van der Waals surface area contributed by atoms with Gasteiger partial charge in [0, 0.05) is 5.92 Å². The maximum absolute atomic E-state index is 12.2.